The Hall–Kier alpha value is -1.89. The fraction of sp³-hybridized carbons (Fsp3) is 0.318. The maximum absolute atomic E-state index is 9.77. The molecule has 29 heavy (non-hydrogen) atoms. The van der Waals surface area contributed by atoms with E-state index in [4.69, 9.17) is 4.98 Å². The van der Waals surface area contributed by atoms with E-state index in [0.29, 0.717) is 5.56 Å². The monoisotopic (exact) mass is 435 g/mol. The lowest BCUT2D eigenvalue weighted by Gasteiger charge is -2.35. The fourth-order valence-corrected chi connectivity index (χ4v) is 3.79. The molecule has 2 heterocycles. The summed E-state index contributed by atoms with van der Waals surface area (Å²) in [5.41, 5.74) is 2.00. The molecule has 0 atom stereocenters. The third-order valence-electron chi connectivity index (χ3n) is 5.35. The SMILES string of the molecule is CCN1CCN(c2nc(-c3ccccc3C(O)O)cc3ccccc23)CC1.Cl.Cl. The van der Waals surface area contributed by atoms with E-state index in [1.807, 2.05) is 36.4 Å². The third-order valence-corrected chi connectivity index (χ3v) is 5.35. The van der Waals surface area contributed by atoms with Crippen molar-refractivity contribution in [1.82, 2.24) is 9.88 Å². The second kappa shape index (κ2) is 10.2. The molecule has 1 fully saturated rings. The molecule has 156 valence electrons. The van der Waals surface area contributed by atoms with Crippen LogP contribution >= 0.6 is 24.8 Å². The van der Waals surface area contributed by atoms with Crippen molar-refractivity contribution in [3.05, 3.63) is 60.2 Å². The quantitative estimate of drug-likeness (QED) is 0.609. The highest BCUT2D eigenvalue weighted by atomic mass is 35.5. The summed E-state index contributed by atoms with van der Waals surface area (Å²) in [5, 5.41) is 21.8. The van der Waals surface area contributed by atoms with Crippen LogP contribution < -0.4 is 4.90 Å². The number of benzene rings is 2. The number of aliphatic hydroxyl groups is 2. The van der Waals surface area contributed by atoms with E-state index in [9.17, 15) is 10.2 Å². The van der Waals surface area contributed by atoms with E-state index < -0.39 is 6.29 Å². The second-order valence-corrected chi connectivity index (χ2v) is 6.93. The Bertz CT molecular complexity index is 944. The lowest BCUT2D eigenvalue weighted by Crippen LogP contribution is -2.46. The molecule has 2 aromatic carbocycles. The lowest BCUT2D eigenvalue weighted by molar-refractivity contribution is -0.0420. The lowest BCUT2D eigenvalue weighted by atomic mass is 10.0. The molecule has 4 rings (SSSR count). The number of fused-ring (bicyclic) bond motifs is 1. The van der Waals surface area contributed by atoms with Gasteiger partial charge in [0.1, 0.15) is 5.82 Å². The number of hydrogen-bond acceptors (Lipinski definition) is 5. The van der Waals surface area contributed by atoms with E-state index in [1.165, 1.54) is 0 Å². The van der Waals surface area contributed by atoms with E-state index in [1.54, 1.807) is 6.07 Å². The van der Waals surface area contributed by atoms with Crippen LogP contribution in [0.4, 0.5) is 5.82 Å². The number of nitrogens with zero attached hydrogens (tertiary/aromatic N) is 3. The number of aromatic nitrogens is 1. The number of halogens is 2. The number of pyridine rings is 1. The van der Waals surface area contributed by atoms with Crippen LogP contribution in [0.5, 0.6) is 0 Å². The number of likely N-dealkylation sites (N-methyl/N-ethyl adjacent to an activating group) is 1. The van der Waals surface area contributed by atoms with Gasteiger partial charge >= 0.3 is 0 Å². The van der Waals surface area contributed by atoms with Gasteiger partial charge in [-0.1, -0.05) is 55.5 Å². The zero-order valence-electron chi connectivity index (χ0n) is 16.4. The van der Waals surface area contributed by atoms with Crippen LogP contribution in [-0.4, -0.2) is 52.8 Å². The number of rotatable bonds is 4. The maximum Gasteiger partial charge on any atom is 0.179 e. The zero-order valence-corrected chi connectivity index (χ0v) is 18.0. The molecule has 1 aliphatic heterocycles. The first-order valence-corrected chi connectivity index (χ1v) is 9.50. The van der Waals surface area contributed by atoms with Crippen molar-refractivity contribution >= 4 is 41.4 Å². The van der Waals surface area contributed by atoms with Crippen molar-refractivity contribution in [2.45, 2.75) is 13.2 Å². The molecular formula is C22H27Cl2N3O2. The highest BCUT2D eigenvalue weighted by Gasteiger charge is 2.20. The predicted octanol–water partition coefficient (Wildman–Crippen LogP) is 3.87. The summed E-state index contributed by atoms with van der Waals surface area (Å²) in [4.78, 5) is 9.76. The van der Waals surface area contributed by atoms with Crippen molar-refractivity contribution in [3.8, 4) is 11.3 Å². The summed E-state index contributed by atoms with van der Waals surface area (Å²) in [6, 6.07) is 17.6. The molecule has 1 aromatic heterocycles. The molecule has 0 unspecified atom stereocenters. The van der Waals surface area contributed by atoms with Crippen LogP contribution in [0, 0.1) is 0 Å². The Morgan fingerprint density at radius 3 is 2.28 bits per heavy atom. The van der Waals surface area contributed by atoms with Crippen LogP contribution in [0.25, 0.3) is 22.0 Å². The summed E-state index contributed by atoms with van der Waals surface area (Å²) in [6.07, 6.45) is -1.52. The molecule has 2 N–H and O–H groups in total. The molecule has 0 spiro atoms. The Morgan fingerprint density at radius 2 is 1.59 bits per heavy atom. The summed E-state index contributed by atoms with van der Waals surface area (Å²) < 4.78 is 0. The fourth-order valence-electron chi connectivity index (χ4n) is 3.79. The van der Waals surface area contributed by atoms with E-state index in [0.717, 1.165) is 60.6 Å². The van der Waals surface area contributed by atoms with Gasteiger partial charge in [0.2, 0.25) is 0 Å². The number of aliphatic hydroxyl groups excluding tert-OH is 1. The van der Waals surface area contributed by atoms with Gasteiger partial charge in [-0.15, -0.1) is 24.8 Å². The molecule has 1 aliphatic rings. The van der Waals surface area contributed by atoms with Crippen molar-refractivity contribution in [1.29, 1.82) is 0 Å². The largest absolute Gasteiger partial charge is 0.364 e. The molecule has 7 heteroatoms. The van der Waals surface area contributed by atoms with E-state index in [2.05, 4.69) is 28.9 Å². The molecular weight excluding hydrogens is 409 g/mol. The molecule has 5 nitrogen and oxygen atoms in total. The van der Waals surface area contributed by atoms with Gasteiger partial charge in [-0.3, -0.25) is 0 Å². The van der Waals surface area contributed by atoms with E-state index >= 15 is 0 Å². The van der Waals surface area contributed by atoms with Crippen LogP contribution in [-0.2, 0) is 0 Å². The molecule has 0 saturated carbocycles. The summed E-state index contributed by atoms with van der Waals surface area (Å²) in [7, 11) is 0. The van der Waals surface area contributed by atoms with Gasteiger partial charge < -0.3 is 20.0 Å². The third kappa shape index (κ3) is 4.82. The van der Waals surface area contributed by atoms with Crippen LogP contribution in [0.3, 0.4) is 0 Å². The van der Waals surface area contributed by atoms with Gasteiger partial charge in [-0.25, -0.2) is 4.98 Å². The van der Waals surface area contributed by atoms with Gasteiger partial charge in [-0.2, -0.15) is 0 Å². The van der Waals surface area contributed by atoms with Gasteiger partial charge in [0.25, 0.3) is 0 Å². The second-order valence-electron chi connectivity index (χ2n) is 6.93. The van der Waals surface area contributed by atoms with Gasteiger partial charge in [0, 0.05) is 42.7 Å². The zero-order chi connectivity index (χ0) is 18.8. The minimum Gasteiger partial charge on any atom is -0.364 e. The highest BCUT2D eigenvalue weighted by Crippen LogP contribution is 2.33. The Kier molecular flexibility index (Phi) is 8.25. The molecule has 0 aliphatic carbocycles. The minimum absolute atomic E-state index is 0. The number of piperazine rings is 1. The summed E-state index contributed by atoms with van der Waals surface area (Å²) >= 11 is 0. The Labute approximate surface area is 183 Å². The average molecular weight is 436 g/mol. The van der Waals surface area contributed by atoms with Crippen molar-refractivity contribution in [3.63, 3.8) is 0 Å². The van der Waals surface area contributed by atoms with Gasteiger partial charge in [0.15, 0.2) is 6.29 Å². The van der Waals surface area contributed by atoms with Crippen LogP contribution in [0.1, 0.15) is 18.8 Å². The van der Waals surface area contributed by atoms with E-state index in [-0.39, 0.29) is 24.8 Å². The smallest absolute Gasteiger partial charge is 0.179 e. The first-order valence-electron chi connectivity index (χ1n) is 9.50. The Morgan fingerprint density at radius 1 is 0.931 bits per heavy atom. The number of anilines is 1. The average Bonchev–Trinajstić information content (AvgIpc) is 2.73. The van der Waals surface area contributed by atoms with Crippen molar-refractivity contribution < 1.29 is 10.2 Å². The molecule has 0 amide bonds. The summed E-state index contributed by atoms with van der Waals surface area (Å²) in [6.45, 7) is 7.22. The standard InChI is InChI=1S/C22H25N3O2.2ClH/c1-2-24-11-13-25(14-12-24)21-17-8-4-3-7-16(17)15-20(23-21)18-9-5-6-10-19(18)22(26)27;;/h3-10,15,22,26-27H,2,11-14H2,1H3;2*1H. The molecule has 1 saturated heterocycles. The van der Waals surface area contributed by atoms with Crippen LogP contribution in [0.2, 0.25) is 0 Å². The molecule has 3 aromatic rings. The number of hydrogen-bond donors (Lipinski definition) is 2. The predicted molar refractivity (Wildman–Crippen MR) is 123 cm³/mol. The minimum atomic E-state index is -1.52. The highest BCUT2D eigenvalue weighted by molar-refractivity contribution is 5.95. The molecule has 0 radical (unpaired) electrons. The van der Waals surface area contributed by atoms with Gasteiger partial charge in [-0.05, 0) is 18.0 Å². The molecule has 0 bridgehead atoms. The van der Waals surface area contributed by atoms with Crippen molar-refractivity contribution in [2.24, 2.45) is 0 Å². The first-order chi connectivity index (χ1) is 13.2. The van der Waals surface area contributed by atoms with Crippen molar-refractivity contribution in [2.75, 3.05) is 37.6 Å². The first kappa shape index (κ1) is 23.4. The summed E-state index contributed by atoms with van der Waals surface area (Å²) in [5.74, 6) is 0.973. The normalized spacial score (nSPS) is 14.6. The maximum atomic E-state index is 9.77. The van der Waals surface area contributed by atoms with Gasteiger partial charge in [0.05, 0.1) is 5.69 Å². The topological polar surface area (TPSA) is 59.8 Å². The Balaban J connectivity index is 0.00000150. The van der Waals surface area contributed by atoms with Crippen LogP contribution in [0.15, 0.2) is 54.6 Å².